The Morgan fingerprint density at radius 3 is 2.71 bits per heavy atom. The number of amides is 1. The van der Waals surface area contributed by atoms with Gasteiger partial charge in [-0.25, -0.2) is 0 Å². The number of alkyl halides is 1. The van der Waals surface area contributed by atoms with Crippen LogP contribution in [0.1, 0.15) is 42.5 Å². The number of halogens is 1. The molecule has 114 valence electrons. The number of para-hydroxylation sites is 1. The van der Waals surface area contributed by atoms with Gasteiger partial charge in [-0.15, -0.1) is 11.6 Å². The van der Waals surface area contributed by atoms with Gasteiger partial charge in [0.1, 0.15) is 13.2 Å². The van der Waals surface area contributed by atoms with Crippen molar-refractivity contribution in [1.82, 2.24) is 5.32 Å². The van der Waals surface area contributed by atoms with Crippen LogP contribution in [-0.4, -0.2) is 30.5 Å². The van der Waals surface area contributed by atoms with E-state index in [1.165, 1.54) is 6.42 Å². The van der Waals surface area contributed by atoms with E-state index in [1.54, 1.807) is 6.07 Å². The van der Waals surface area contributed by atoms with Crippen LogP contribution in [0.15, 0.2) is 18.2 Å². The molecule has 1 aromatic rings. The van der Waals surface area contributed by atoms with Crippen LogP contribution in [0.2, 0.25) is 0 Å². The van der Waals surface area contributed by atoms with Crippen LogP contribution in [0.3, 0.4) is 0 Å². The van der Waals surface area contributed by atoms with E-state index in [1.807, 2.05) is 12.1 Å². The fourth-order valence-corrected chi connectivity index (χ4v) is 3.42. The fraction of sp³-hybridized carbons (Fsp3) is 0.562. The minimum absolute atomic E-state index is 0.125. The van der Waals surface area contributed by atoms with E-state index in [2.05, 4.69) is 5.32 Å². The maximum atomic E-state index is 12.6. The number of carbonyl (C=O) groups is 1. The van der Waals surface area contributed by atoms with Crippen LogP contribution < -0.4 is 14.8 Å². The summed E-state index contributed by atoms with van der Waals surface area (Å²) in [6.45, 7) is 0.988. The van der Waals surface area contributed by atoms with E-state index in [9.17, 15) is 4.79 Å². The van der Waals surface area contributed by atoms with Crippen molar-refractivity contribution in [3.63, 3.8) is 0 Å². The molecule has 0 aromatic heterocycles. The molecule has 1 aromatic carbocycles. The Kier molecular flexibility index (Phi) is 4.24. The topological polar surface area (TPSA) is 47.6 Å². The summed E-state index contributed by atoms with van der Waals surface area (Å²) >= 11 is 6.14. The normalized spacial score (nSPS) is 19.9. The van der Waals surface area contributed by atoms with Gasteiger partial charge in [0, 0.05) is 5.88 Å². The highest BCUT2D eigenvalue weighted by atomic mass is 35.5. The largest absolute Gasteiger partial charge is 0.486 e. The third-order valence-electron chi connectivity index (χ3n) is 4.26. The summed E-state index contributed by atoms with van der Waals surface area (Å²) in [5, 5.41) is 3.14. The van der Waals surface area contributed by atoms with Crippen molar-refractivity contribution in [2.75, 3.05) is 19.1 Å². The van der Waals surface area contributed by atoms with E-state index in [-0.39, 0.29) is 11.4 Å². The van der Waals surface area contributed by atoms with Crippen LogP contribution in [0.25, 0.3) is 0 Å². The van der Waals surface area contributed by atoms with Gasteiger partial charge in [0.05, 0.1) is 11.1 Å². The van der Waals surface area contributed by atoms with Gasteiger partial charge in [-0.05, 0) is 25.0 Å². The molecule has 4 nitrogen and oxygen atoms in total. The SMILES string of the molecule is O=C(NC1(CCl)CCCCC1)c1cccc2c1OCCO2. The van der Waals surface area contributed by atoms with Crippen LogP contribution >= 0.6 is 11.6 Å². The molecule has 0 bridgehead atoms. The molecule has 5 heteroatoms. The summed E-state index contributed by atoms with van der Waals surface area (Å²) in [6.07, 6.45) is 5.31. The van der Waals surface area contributed by atoms with Crippen molar-refractivity contribution in [3.05, 3.63) is 23.8 Å². The molecular formula is C16H20ClNO3. The van der Waals surface area contributed by atoms with Crippen molar-refractivity contribution in [2.45, 2.75) is 37.6 Å². The maximum Gasteiger partial charge on any atom is 0.255 e. The predicted molar refractivity (Wildman–Crippen MR) is 81.4 cm³/mol. The lowest BCUT2D eigenvalue weighted by molar-refractivity contribution is 0.0874. The minimum Gasteiger partial charge on any atom is -0.486 e. The molecule has 0 saturated heterocycles. The third kappa shape index (κ3) is 2.95. The fourth-order valence-electron chi connectivity index (χ4n) is 3.08. The average molecular weight is 310 g/mol. The second kappa shape index (κ2) is 6.14. The Hall–Kier alpha value is -1.42. The molecule has 0 spiro atoms. The first-order chi connectivity index (χ1) is 10.2. The molecule has 1 heterocycles. The van der Waals surface area contributed by atoms with Gasteiger partial charge < -0.3 is 14.8 Å². The molecular weight excluding hydrogens is 290 g/mol. The molecule has 2 aliphatic rings. The first kappa shape index (κ1) is 14.5. The van der Waals surface area contributed by atoms with Crippen LogP contribution in [0.4, 0.5) is 0 Å². The molecule has 1 fully saturated rings. The maximum absolute atomic E-state index is 12.6. The lowest BCUT2D eigenvalue weighted by Gasteiger charge is -2.36. The second-order valence-electron chi connectivity index (χ2n) is 5.76. The quantitative estimate of drug-likeness (QED) is 0.873. The van der Waals surface area contributed by atoms with Gasteiger partial charge in [0.15, 0.2) is 11.5 Å². The van der Waals surface area contributed by atoms with Crippen LogP contribution in [-0.2, 0) is 0 Å². The standard InChI is InChI=1S/C16H20ClNO3/c17-11-16(7-2-1-3-8-16)18-15(19)12-5-4-6-13-14(12)21-10-9-20-13/h4-6H,1-3,7-11H2,(H,18,19). The van der Waals surface area contributed by atoms with E-state index in [0.717, 1.165) is 25.7 Å². The molecule has 1 N–H and O–H groups in total. The Bertz CT molecular complexity index is 526. The number of benzene rings is 1. The monoisotopic (exact) mass is 309 g/mol. The van der Waals surface area contributed by atoms with Gasteiger partial charge in [0.25, 0.3) is 5.91 Å². The van der Waals surface area contributed by atoms with E-state index < -0.39 is 0 Å². The predicted octanol–water partition coefficient (Wildman–Crippen LogP) is 3.13. The van der Waals surface area contributed by atoms with Crippen molar-refractivity contribution < 1.29 is 14.3 Å². The Morgan fingerprint density at radius 2 is 1.95 bits per heavy atom. The molecule has 3 rings (SSSR count). The molecule has 1 amide bonds. The third-order valence-corrected chi connectivity index (χ3v) is 4.77. The molecule has 1 aliphatic heterocycles. The molecule has 1 saturated carbocycles. The minimum atomic E-state index is -0.283. The van der Waals surface area contributed by atoms with Crippen LogP contribution in [0, 0.1) is 0 Å². The van der Waals surface area contributed by atoms with E-state index >= 15 is 0 Å². The van der Waals surface area contributed by atoms with E-state index in [4.69, 9.17) is 21.1 Å². The zero-order chi connectivity index (χ0) is 14.7. The molecule has 0 atom stereocenters. The summed E-state index contributed by atoms with van der Waals surface area (Å²) in [5.74, 6) is 1.50. The van der Waals surface area contributed by atoms with Crippen molar-refractivity contribution >= 4 is 17.5 Å². The summed E-state index contributed by atoms with van der Waals surface area (Å²) < 4.78 is 11.1. The Balaban J connectivity index is 1.82. The molecule has 0 unspecified atom stereocenters. The molecule has 21 heavy (non-hydrogen) atoms. The smallest absolute Gasteiger partial charge is 0.255 e. The highest BCUT2D eigenvalue weighted by Gasteiger charge is 2.34. The zero-order valence-corrected chi connectivity index (χ0v) is 12.7. The first-order valence-electron chi connectivity index (χ1n) is 7.51. The summed E-state index contributed by atoms with van der Waals surface area (Å²) in [6, 6.07) is 5.41. The number of nitrogens with one attached hydrogen (secondary N) is 1. The number of carbonyl (C=O) groups excluding carboxylic acids is 1. The number of ether oxygens (including phenoxy) is 2. The number of hydrogen-bond donors (Lipinski definition) is 1. The van der Waals surface area contributed by atoms with Gasteiger partial charge in [-0.1, -0.05) is 25.3 Å². The van der Waals surface area contributed by atoms with Crippen molar-refractivity contribution in [3.8, 4) is 11.5 Å². The van der Waals surface area contributed by atoms with Crippen molar-refractivity contribution in [2.24, 2.45) is 0 Å². The van der Waals surface area contributed by atoms with E-state index in [0.29, 0.717) is 36.2 Å². The van der Waals surface area contributed by atoms with Gasteiger partial charge in [-0.2, -0.15) is 0 Å². The lowest BCUT2D eigenvalue weighted by Crippen LogP contribution is -2.51. The number of rotatable bonds is 3. The summed E-state index contributed by atoms with van der Waals surface area (Å²) in [5.41, 5.74) is 0.247. The second-order valence-corrected chi connectivity index (χ2v) is 6.03. The highest BCUT2D eigenvalue weighted by molar-refractivity contribution is 6.19. The Labute approximate surface area is 129 Å². The van der Waals surface area contributed by atoms with Crippen molar-refractivity contribution in [1.29, 1.82) is 0 Å². The number of hydrogen-bond acceptors (Lipinski definition) is 3. The zero-order valence-electron chi connectivity index (χ0n) is 12.0. The number of fused-ring (bicyclic) bond motifs is 1. The lowest BCUT2D eigenvalue weighted by atomic mass is 9.83. The van der Waals surface area contributed by atoms with Gasteiger partial charge >= 0.3 is 0 Å². The van der Waals surface area contributed by atoms with Gasteiger partial charge in [-0.3, -0.25) is 4.79 Å². The molecule has 1 aliphatic carbocycles. The Morgan fingerprint density at radius 1 is 1.19 bits per heavy atom. The average Bonchev–Trinajstić information content (AvgIpc) is 2.55. The first-order valence-corrected chi connectivity index (χ1v) is 8.05. The summed E-state index contributed by atoms with van der Waals surface area (Å²) in [4.78, 5) is 12.6. The van der Waals surface area contributed by atoms with Crippen LogP contribution in [0.5, 0.6) is 11.5 Å². The highest BCUT2D eigenvalue weighted by Crippen LogP contribution is 2.35. The summed E-state index contributed by atoms with van der Waals surface area (Å²) in [7, 11) is 0. The van der Waals surface area contributed by atoms with Gasteiger partial charge in [0.2, 0.25) is 0 Å². The molecule has 0 radical (unpaired) electrons.